The maximum atomic E-state index is 13.4. The highest BCUT2D eigenvalue weighted by molar-refractivity contribution is 7.99. The third kappa shape index (κ3) is 4.10. The van der Waals surface area contributed by atoms with Gasteiger partial charge in [-0.1, -0.05) is 23.9 Å². The van der Waals surface area contributed by atoms with E-state index in [1.807, 2.05) is 0 Å². The van der Waals surface area contributed by atoms with Gasteiger partial charge in [0.1, 0.15) is 6.61 Å². The van der Waals surface area contributed by atoms with Crippen molar-refractivity contribution in [3.8, 4) is 11.8 Å². The van der Waals surface area contributed by atoms with Crippen molar-refractivity contribution >= 4 is 11.8 Å². The Morgan fingerprint density at radius 2 is 2.19 bits per heavy atom. The first kappa shape index (κ1) is 15.1. The van der Waals surface area contributed by atoms with Gasteiger partial charge in [0, 0.05) is 12.2 Å². The number of ether oxygens (including phenoxy) is 1. The summed E-state index contributed by atoms with van der Waals surface area (Å²) in [5.41, 5.74) is 0. The Morgan fingerprint density at radius 1 is 1.38 bits per heavy atom. The maximum absolute atomic E-state index is 13.4. The van der Waals surface area contributed by atoms with Gasteiger partial charge in [0.15, 0.2) is 17.4 Å². The van der Waals surface area contributed by atoms with Crippen LogP contribution in [0.4, 0.5) is 4.39 Å². The largest absolute Gasteiger partial charge is 0.482 e. The molecule has 0 atom stereocenters. The standard InChI is InChI=1S/C13H14FN5OS/c14-10-5-1-2-6-11(10)20-9-12-17-18-13(19(12)16)21-8-4-3-7-15/h1-2,5-6H,3-4,8-9,16H2. The van der Waals surface area contributed by atoms with E-state index in [4.69, 9.17) is 15.8 Å². The minimum absolute atomic E-state index is 0.0309. The van der Waals surface area contributed by atoms with Gasteiger partial charge in [-0.25, -0.2) is 9.07 Å². The number of aromatic nitrogens is 3. The van der Waals surface area contributed by atoms with Crippen molar-refractivity contribution in [2.24, 2.45) is 0 Å². The van der Waals surface area contributed by atoms with Crippen molar-refractivity contribution in [2.75, 3.05) is 11.6 Å². The van der Waals surface area contributed by atoms with E-state index >= 15 is 0 Å². The SMILES string of the molecule is N#CCCCSc1nnc(COc2ccccc2F)n1N. The van der Waals surface area contributed by atoms with Crippen molar-refractivity contribution in [3.05, 3.63) is 35.9 Å². The molecule has 0 unspecified atom stereocenters. The molecule has 2 rings (SSSR count). The lowest BCUT2D eigenvalue weighted by Gasteiger charge is -2.06. The molecule has 1 heterocycles. The number of nitrogens with two attached hydrogens (primary N) is 1. The van der Waals surface area contributed by atoms with E-state index in [0.717, 1.165) is 12.2 Å². The van der Waals surface area contributed by atoms with Gasteiger partial charge in [-0.15, -0.1) is 10.2 Å². The van der Waals surface area contributed by atoms with Gasteiger partial charge in [-0.3, -0.25) is 0 Å². The topological polar surface area (TPSA) is 89.8 Å². The first-order valence-corrected chi connectivity index (χ1v) is 7.27. The zero-order valence-electron chi connectivity index (χ0n) is 11.2. The summed E-state index contributed by atoms with van der Waals surface area (Å²) in [7, 11) is 0. The fourth-order valence-corrected chi connectivity index (χ4v) is 2.34. The van der Waals surface area contributed by atoms with Crippen LogP contribution in [0.5, 0.6) is 5.75 Å². The molecule has 0 bridgehead atoms. The molecule has 0 saturated heterocycles. The summed E-state index contributed by atoms with van der Waals surface area (Å²) in [4.78, 5) is 0. The number of para-hydroxylation sites is 1. The van der Waals surface area contributed by atoms with Crippen LogP contribution in [0, 0.1) is 17.1 Å². The second kappa shape index (κ2) is 7.50. The van der Waals surface area contributed by atoms with Crippen LogP contribution in [0.1, 0.15) is 18.7 Å². The van der Waals surface area contributed by atoms with Crippen LogP contribution in [-0.4, -0.2) is 20.6 Å². The van der Waals surface area contributed by atoms with Gasteiger partial charge < -0.3 is 10.6 Å². The van der Waals surface area contributed by atoms with Gasteiger partial charge in [0.25, 0.3) is 0 Å². The van der Waals surface area contributed by atoms with E-state index in [0.29, 0.717) is 17.4 Å². The number of nitriles is 1. The monoisotopic (exact) mass is 307 g/mol. The van der Waals surface area contributed by atoms with Crippen LogP contribution in [0.15, 0.2) is 29.4 Å². The Hall–Kier alpha value is -2.27. The first-order valence-electron chi connectivity index (χ1n) is 6.29. The fraction of sp³-hybridized carbons (Fsp3) is 0.308. The number of nitrogen functional groups attached to an aromatic ring is 1. The molecule has 1 aromatic carbocycles. The fourth-order valence-electron chi connectivity index (χ4n) is 1.52. The molecule has 0 aliphatic carbocycles. The predicted molar refractivity (Wildman–Crippen MR) is 76.5 cm³/mol. The summed E-state index contributed by atoms with van der Waals surface area (Å²) in [6, 6.07) is 8.19. The average Bonchev–Trinajstić information content (AvgIpc) is 2.84. The normalized spacial score (nSPS) is 10.3. The highest BCUT2D eigenvalue weighted by Crippen LogP contribution is 2.19. The lowest BCUT2D eigenvalue weighted by molar-refractivity contribution is 0.277. The highest BCUT2D eigenvalue weighted by atomic mass is 32.2. The molecule has 8 heteroatoms. The van der Waals surface area contributed by atoms with Crippen molar-refractivity contribution < 1.29 is 9.13 Å². The number of benzene rings is 1. The van der Waals surface area contributed by atoms with Gasteiger partial charge in [0.05, 0.1) is 6.07 Å². The number of hydrogen-bond donors (Lipinski definition) is 1. The summed E-state index contributed by atoms with van der Waals surface area (Å²) in [6.45, 7) is 0.0309. The van der Waals surface area contributed by atoms with E-state index in [1.165, 1.54) is 28.6 Å². The molecule has 2 N–H and O–H groups in total. The van der Waals surface area contributed by atoms with E-state index in [1.54, 1.807) is 12.1 Å². The summed E-state index contributed by atoms with van der Waals surface area (Å²) >= 11 is 1.42. The Kier molecular flexibility index (Phi) is 5.40. The van der Waals surface area contributed by atoms with Crippen LogP contribution in [0.3, 0.4) is 0 Å². The molecule has 0 aliphatic rings. The van der Waals surface area contributed by atoms with Crippen LogP contribution in [0.25, 0.3) is 0 Å². The summed E-state index contributed by atoms with van der Waals surface area (Å²) in [6.07, 6.45) is 1.25. The van der Waals surface area contributed by atoms with E-state index in [-0.39, 0.29) is 12.4 Å². The molecule has 110 valence electrons. The van der Waals surface area contributed by atoms with Crippen molar-refractivity contribution in [1.82, 2.24) is 14.9 Å². The molecule has 2 aromatic rings. The number of unbranched alkanes of at least 4 members (excludes halogenated alkanes) is 1. The molecule has 0 fully saturated rings. The third-order valence-corrected chi connectivity index (χ3v) is 3.62. The second-order valence-corrected chi connectivity index (χ2v) is 5.16. The second-order valence-electron chi connectivity index (χ2n) is 4.10. The van der Waals surface area contributed by atoms with Gasteiger partial charge >= 0.3 is 0 Å². The number of halogens is 1. The molecular formula is C13H14FN5OS. The van der Waals surface area contributed by atoms with Crippen molar-refractivity contribution in [3.63, 3.8) is 0 Å². The summed E-state index contributed by atoms with van der Waals surface area (Å²) < 4.78 is 20.1. The molecule has 21 heavy (non-hydrogen) atoms. The van der Waals surface area contributed by atoms with Crippen LogP contribution < -0.4 is 10.6 Å². The van der Waals surface area contributed by atoms with Gasteiger partial charge in [0.2, 0.25) is 5.16 Å². The molecule has 0 aliphatic heterocycles. The molecular weight excluding hydrogens is 293 g/mol. The first-order chi connectivity index (χ1) is 10.2. The molecule has 0 amide bonds. The predicted octanol–water partition coefficient (Wildman–Crippen LogP) is 2.11. The molecule has 1 aromatic heterocycles. The van der Waals surface area contributed by atoms with Gasteiger partial charge in [-0.05, 0) is 18.6 Å². The maximum Gasteiger partial charge on any atom is 0.209 e. The quantitative estimate of drug-likeness (QED) is 0.478. The summed E-state index contributed by atoms with van der Waals surface area (Å²) in [5.74, 6) is 6.69. The summed E-state index contributed by atoms with van der Waals surface area (Å²) in [5, 5.41) is 16.9. The molecule has 0 saturated carbocycles. The van der Waals surface area contributed by atoms with E-state index in [9.17, 15) is 4.39 Å². The minimum Gasteiger partial charge on any atom is -0.482 e. The zero-order chi connectivity index (χ0) is 15.1. The van der Waals surface area contributed by atoms with Gasteiger partial charge in [-0.2, -0.15) is 5.26 Å². The van der Waals surface area contributed by atoms with Crippen LogP contribution in [-0.2, 0) is 6.61 Å². The number of nitrogens with zero attached hydrogens (tertiary/aromatic N) is 4. The third-order valence-electron chi connectivity index (χ3n) is 2.59. The smallest absolute Gasteiger partial charge is 0.209 e. The van der Waals surface area contributed by atoms with Crippen molar-refractivity contribution in [1.29, 1.82) is 5.26 Å². The molecule has 0 radical (unpaired) electrons. The van der Waals surface area contributed by atoms with Crippen LogP contribution in [0.2, 0.25) is 0 Å². The number of hydrogen-bond acceptors (Lipinski definition) is 6. The average molecular weight is 307 g/mol. The molecule has 0 spiro atoms. The molecule has 6 nitrogen and oxygen atoms in total. The number of rotatable bonds is 7. The highest BCUT2D eigenvalue weighted by Gasteiger charge is 2.11. The lowest BCUT2D eigenvalue weighted by atomic mass is 10.3. The van der Waals surface area contributed by atoms with E-state index in [2.05, 4.69) is 16.3 Å². The number of thioether (sulfide) groups is 1. The Morgan fingerprint density at radius 3 is 2.95 bits per heavy atom. The van der Waals surface area contributed by atoms with E-state index < -0.39 is 5.82 Å². The lowest BCUT2D eigenvalue weighted by Crippen LogP contribution is -2.16. The Labute approximate surface area is 125 Å². The minimum atomic E-state index is -0.438. The Balaban J connectivity index is 1.91. The zero-order valence-corrected chi connectivity index (χ0v) is 12.0. The Bertz CT molecular complexity index is 640. The van der Waals surface area contributed by atoms with Crippen molar-refractivity contribution in [2.45, 2.75) is 24.6 Å². The van der Waals surface area contributed by atoms with Crippen LogP contribution >= 0.6 is 11.8 Å².